The molecule has 0 spiro atoms. The van der Waals surface area contributed by atoms with Gasteiger partial charge < -0.3 is 10.1 Å². The van der Waals surface area contributed by atoms with E-state index in [1.165, 1.54) is 18.3 Å². The number of ether oxygens (including phenoxy) is 1. The third kappa shape index (κ3) is 5.83. The molecule has 19 heavy (non-hydrogen) atoms. The number of pyridine rings is 1. The zero-order chi connectivity index (χ0) is 14.1. The molecule has 1 aromatic rings. The largest absolute Gasteiger partial charge is 0.452 e. The average molecular weight is 281 g/mol. The maximum Gasteiger partial charge on any atom is 0.331 e. The molecule has 0 aromatic carbocycles. The van der Waals surface area contributed by atoms with Crippen molar-refractivity contribution in [1.82, 2.24) is 4.98 Å². The van der Waals surface area contributed by atoms with Crippen LogP contribution in [0.5, 0.6) is 0 Å². The van der Waals surface area contributed by atoms with E-state index in [0.717, 1.165) is 0 Å². The molecule has 0 unspecified atom stereocenters. The van der Waals surface area contributed by atoms with Crippen LogP contribution in [0.3, 0.4) is 0 Å². The number of carbonyl (C=O) groups excluding carboxylic acids is 2. The molecule has 0 aliphatic heterocycles. The highest BCUT2D eigenvalue weighted by molar-refractivity contribution is 6.32. The lowest BCUT2D eigenvalue weighted by atomic mass is 10.4. The van der Waals surface area contributed by atoms with Gasteiger partial charge in [0.05, 0.1) is 5.69 Å². The summed E-state index contributed by atoms with van der Waals surface area (Å²) < 4.78 is 4.73. The molecular weight excluding hydrogens is 268 g/mol. The Bertz CT molecular complexity index is 512. The maximum atomic E-state index is 11.5. The van der Waals surface area contributed by atoms with Gasteiger partial charge in [-0.1, -0.05) is 29.8 Å². The van der Waals surface area contributed by atoms with E-state index in [-0.39, 0.29) is 11.8 Å². The molecule has 0 saturated carbocycles. The van der Waals surface area contributed by atoms with Gasteiger partial charge in [-0.25, -0.2) is 9.78 Å². The van der Waals surface area contributed by atoms with Gasteiger partial charge in [0.25, 0.3) is 5.91 Å². The SMILES string of the molecule is C/C=C/C=C/C(=O)OCC(=O)Nc1cccnc1Cl. The Balaban J connectivity index is 2.40. The minimum atomic E-state index is -0.592. The highest BCUT2D eigenvalue weighted by Gasteiger charge is 2.07. The average Bonchev–Trinajstić information content (AvgIpc) is 2.39. The summed E-state index contributed by atoms with van der Waals surface area (Å²) in [7, 11) is 0. The molecule has 5 nitrogen and oxygen atoms in total. The lowest BCUT2D eigenvalue weighted by Crippen LogP contribution is -2.20. The fourth-order valence-electron chi connectivity index (χ4n) is 1.10. The van der Waals surface area contributed by atoms with E-state index in [0.29, 0.717) is 5.69 Å². The van der Waals surface area contributed by atoms with E-state index in [4.69, 9.17) is 16.3 Å². The summed E-state index contributed by atoms with van der Waals surface area (Å²) in [4.78, 5) is 26.5. The molecule has 0 atom stereocenters. The lowest BCUT2D eigenvalue weighted by Gasteiger charge is -2.05. The molecule has 0 bridgehead atoms. The number of amides is 1. The van der Waals surface area contributed by atoms with Crippen molar-refractivity contribution in [2.45, 2.75) is 6.92 Å². The fourth-order valence-corrected chi connectivity index (χ4v) is 1.26. The second kappa shape index (κ2) is 8.05. The number of halogens is 1. The normalized spacial score (nSPS) is 10.8. The Hall–Kier alpha value is -2.14. The quantitative estimate of drug-likeness (QED) is 0.389. The molecule has 6 heteroatoms. The lowest BCUT2D eigenvalue weighted by molar-refractivity contribution is -0.142. The number of hydrogen-bond acceptors (Lipinski definition) is 4. The molecule has 1 amide bonds. The Labute approximate surface area is 115 Å². The van der Waals surface area contributed by atoms with Gasteiger partial charge in [0.15, 0.2) is 11.8 Å². The van der Waals surface area contributed by atoms with Crippen molar-refractivity contribution in [3.05, 3.63) is 47.8 Å². The topological polar surface area (TPSA) is 68.3 Å². The summed E-state index contributed by atoms with van der Waals surface area (Å²) in [6.45, 7) is 1.44. The number of aromatic nitrogens is 1. The molecule has 1 rings (SSSR count). The van der Waals surface area contributed by atoms with E-state index in [2.05, 4.69) is 10.3 Å². The van der Waals surface area contributed by atoms with Crippen molar-refractivity contribution in [2.75, 3.05) is 11.9 Å². The molecule has 1 aromatic heterocycles. The standard InChI is InChI=1S/C13H13ClN2O3/c1-2-3-4-7-12(18)19-9-11(17)16-10-6-5-8-15-13(10)14/h2-8H,9H2,1H3,(H,16,17)/b3-2+,7-4+. The van der Waals surface area contributed by atoms with Crippen molar-refractivity contribution >= 4 is 29.2 Å². The second-order valence-corrected chi connectivity index (χ2v) is 3.74. The number of hydrogen-bond donors (Lipinski definition) is 1. The van der Waals surface area contributed by atoms with Gasteiger partial charge in [-0.15, -0.1) is 0 Å². The Morgan fingerprint density at radius 2 is 2.26 bits per heavy atom. The number of nitrogens with zero attached hydrogens (tertiary/aromatic N) is 1. The van der Waals surface area contributed by atoms with E-state index < -0.39 is 11.9 Å². The van der Waals surface area contributed by atoms with E-state index in [1.54, 1.807) is 24.3 Å². The van der Waals surface area contributed by atoms with Crippen LogP contribution in [0.1, 0.15) is 6.92 Å². The van der Waals surface area contributed by atoms with Gasteiger partial charge in [0, 0.05) is 12.3 Å². The Morgan fingerprint density at radius 3 is 2.95 bits per heavy atom. The molecule has 0 aliphatic rings. The van der Waals surface area contributed by atoms with Gasteiger partial charge in [0.2, 0.25) is 0 Å². The zero-order valence-electron chi connectivity index (χ0n) is 10.3. The molecule has 0 aliphatic carbocycles. The number of rotatable bonds is 5. The van der Waals surface area contributed by atoms with Crippen LogP contribution in [0.4, 0.5) is 5.69 Å². The monoisotopic (exact) mass is 280 g/mol. The zero-order valence-corrected chi connectivity index (χ0v) is 11.1. The van der Waals surface area contributed by atoms with Crippen LogP contribution >= 0.6 is 11.6 Å². The molecule has 0 saturated heterocycles. The first kappa shape index (κ1) is 14.9. The van der Waals surface area contributed by atoms with Gasteiger partial charge in [-0.3, -0.25) is 4.79 Å². The van der Waals surface area contributed by atoms with E-state index >= 15 is 0 Å². The first-order chi connectivity index (χ1) is 9.13. The first-order valence-electron chi connectivity index (χ1n) is 5.50. The van der Waals surface area contributed by atoms with Crippen LogP contribution in [-0.2, 0) is 14.3 Å². The summed E-state index contributed by atoms with van der Waals surface area (Å²) in [5.74, 6) is -1.08. The number of carbonyl (C=O) groups is 2. The second-order valence-electron chi connectivity index (χ2n) is 3.38. The van der Waals surface area contributed by atoms with Gasteiger partial charge in [-0.2, -0.15) is 0 Å². The van der Waals surface area contributed by atoms with Crippen molar-refractivity contribution < 1.29 is 14.3 Å². The van der Waals surface area contributed by atoms with Crippen molar-refractivity contribution in [1.29, 1.82) is 0 Å². The van der Waals surface area contributed by atoms with Crippen molar-refractivity contribution in [3.8, 4) is 0 Å². The van der Waals surface area contributed by atoms with Crippen LogP contribution in [0.2, 0.25) is 5.15 Å². The van der Waals surface area contributed by atoms with Crippen LogP contribution in [-0.4, -0.2) is 23.5 Å². The molecular formula is C13H13ClN2O3. The predicted molar refractivity (Wildman–Crippen MR) is 72.8 cm³/mol. The summed E-state index contributed by atoms with van der Waals surface area (Å²) in [6, 6.07) is 3.23. The fraction of sp³-hybridized carbons (Fsp3) is 0.154. The minimum absolute atomic E-state index is 0.176. The molecule has 0 radical (unpaired) electrons. The minimum Gasteiger partial charge on any atom is -0.452 e. The number of nitrogens with one attached hydrogen (secondary N) is 1. The van der Waals surface area contributed by atoms with Crippen molar-refractivity contribution in [3.63, 3.8) is 0 Å². The van der Waals surface area contributed by atoms with E-state index in [9.17, 15) is 9.59 Å². The third-order valence-electron chi connectivity index (χ3n) is 1.91. The highest BCUT2D eigenvalue weighted by atomic mass is 35.5. The predicted octanol–water partition coefficient (Wildman–Crippen LogP) is 2.35. The molecule has 100 valence electrons. The summed E-state index contributed by atoms with van der Waals surface area (Å²) >= 11 is 5.76. The third-order valence-corrected chi connectivity index (χ3v) is 2.22. The van der Waals surface area contributed by atoms with Crippen LogP contribution < -0.4 is 5.32 Å². The van der Waals surface area contributed by atoms with Gasteiger partial charge >= 0.3 is 5.97 Å². The number of esters is 1. The molecule has 1 heterocycles. The Morgan fingerprint density at radius 1 is 1.47 bits per heavy atom. The summed E-state index contributed by atoms with van der Waals surface area (Å²) in [6.07, 6.45) is 7.70. The Kier molecular flexibility index (Phi) is 6.32. The smallest absolute Gasteiger partial charge is 0.331 e. The van der Waals surface area contributed by atoms with E-state index in [1.807, 2.05) is 6.92 Å². The maximum absolute atomic E-state index is 11.5. The number of anilines is 1. The summed E-state index contributed by atoms with van der Waals surface area (Å²) in [5.41, 5.74) is 0.370. The van der Waals surface area contributed by atoms with Crippen LogP contribution in [0.15, 0.2) is 42.6 Å². The first-order valence-corrected chi connectivity index (χ1v) is 5.87. The molecule has 0 fully saturated rings. The molecule has 1 N–H and O–H groups in total. The van der Waals surface area contributed by atoms with Gasteiger partial charge in [0.1, 0.15) is 0 Å². The van der Waals surface area contributed by atoms with Crippen LogP contribution in [0.25, 0.3) is 0 Å². The highest BCUT2D eigenvalue weighted by Crippen LogP contribution is 2.16. The number of allylic oxidation sites excluding steroid dienone is 3. The van der Waals surface area contributed by atoms with Crippen molar-refractivity contribution in [2.24, 2.45) is 0 Å². The van der Waals surface area contributed by atoms with Crippen LogP contribution in [0, 0.1) is 0 Å². The van der Waals surface area contributed by atoms with Gasteiger partial charge in [-0.05, 0) is 19.1 Å². The summed E-state index contributed by atoms with van der Waals surface area (Å²) in [5, 5.41) is 2.66.